The molecule has 0 aliphatic carbocycles. The zero-order chi connectivity index (χ0) is 17.1. The largest absolute Gasteiger partial charge is 0.411 e. The molecule has 0 spiro atoms. The normalized spacial score (nSPS) is 21.0. The number of nitrogens with zero attached hydrogens (tertiary/aromatic N) is 3. The molecule has 5 nitrogen and oxygen atoms in total. The van der Waals surface area contributed by atoms with Gasteiger partial charge in [-0.3, -0.25) is 4.79 Å². The minimum Gasteiger partial charge on any atom is -0.411 e. The van der Waals surface area contributed by atoms with Crippen LogP contribution in [0.2, 0.25) is 5.02 Å². The fraction of sp³-hybridized carbons (Fsp3) is 0.471. The van der Waals surface area contributed by atoms with E-state index in [0.29, 0.717) is 39.5 Å². The summed E-state index contributed by atoms with van der Waals surface area (Å²) in [5, 5.41) is 8.97. The number of likely N-dealkylation sites (tertiary alicyclic amines) is 1. The van der Waals surface area contributed by atoms with Crippen molar-refractivity contribution in [1.82, 2.24) is 15.1 Å². The average molecular weight is 366 g/mol. The van der Waals surface area contributed by atoms with Crippen molar-refractivity contribution in [3.05, 3.63) is 29.3 Å². The van der Waals surface area contributed by atoms with E-state index in [0.717, 1.165) is 12.8 Å². The molecule has 1 aromatic carbocycles. The van der Waals surface area contributed by atoms with Gasteiger partial charge >= 0.3 is 0 Å². The Morgan fingerprint density at radius 2 is 2.00 bits per heavy atom. The van der Waals surface area contributed by atoms with Crippen LogP contribution in [0.1, 0.15) is 33.1 Å². The molecule has 0 N–H and O–H groups in total. The predicted molar refractivity (Wildman–Crippen MR) is 95.1 cm³/mol. The molecule has 1 aliphatic rings. The van der Waals surface area contributed by atoms with Gasteiger partial charge in [-0.25, -0.2) is 0 Å². The zero-order valence-electron chi connectivity index (χ0n) is 13.7. The van der Waals surface area contributed by atoms with Gasteiger partial charge in [0.1, 0.15) is 0 Å². The van der Waals surface area contributed by atoms with Crippen molar-refractivity contribution >= 4 is 29.3 Å². The summed E-state index contributed by atoms with van der Waals surface area (Å²) in [7, 11) is 0. The summed E-state index contributed by atoms with van der Waals surface area (Å²) >= 11 is 7.41. The maximum atomic E-state index is 12.5. The van der Waals surface area contributed by atoms with Crippen LogP contribution in [0, 0.1) is 0 Å². The van der Waals surface area contributed by atoms with E-state index in [-0.39, 0.29) is 5.91 Å². The van der Waals surface area contributed by atoms with Crippen LogP contribution in [-0.4, -0.2) is 38.8 Å². The number of hydrogen-bond acceptors (Lipinski definition) is 5. The smallest absolute Gasteiger partial charge is 0.277 e. The highest BCUT2D eigenvalue weighted by atomic mass is 35.5. The molecule has 0 unspecified atom stereocenters. The fourth-order valence-electron chi connectivity index (χ4n) is 3.12. The molecule has 7 heteroatoms. The van der Waals surface area contributed by atoms with Gasteiger partial charge in [-0.1, -0.05) is 35.5 Å². The highest BCUT2D eigenvalue weighted by Gasteiger charge is 2.29. The topological polar surface area (TPSA) is 59.2 Å². The van der Waals surface area contributed by atoms with E-state index in [1.807, 2.05) is 23.1 Å². The van der Waals surface area contributed by atoms with Crippen molar-refractivity contribution < 1.29 is 9.21 Å². The summed E-state index contributed by atoms with van der Waals surface area (Å²) < 4.78 is 5.63. The Hall–Kier alpha value is -1.53. The van der Waals surface area contributed by atoms with Crippen molar-refractivity contribution in [2.45, 2.75) is 50.4 Å². The lowest BCUT2D eigenvalue weighted by molar-refractivity contribution is -0.134. The summed E-state index contributed by atoms with van der Waals surface area (Å²) in [5.41, 5.74) is 0.697. The Balaban J connectivity index is 1.63. The maximum absolute atomic E-state index is 12.5. The van der Waals surface area contributed by atoms with Crippen LogP contribution in [0.4, 0.5) is 0 Å². The Bertz CT molecular complexity index is 711. The van der Waals surface area contributed by atoms with E-state index in [4.69, 9.17) is 16.0 Å². The molecule has 24 heavy (non-hydrogen) atoms. The van der Waals surface area contributed by atoms with Crippen LogP contribution in [0.15, 0.2) is 33.9 Å². The number of carbonyl (C=O) groups excluding carboxylic acids is 1. The number of piperidine rings is 1. The lowest BCUT2D eigenvalue weighted by Gasteiger charge is -2.39. The molecule has 0 radical (unpaired) electrons. The van der Waals surface area contributed by atoms with Crippen LogP contribution in [0.3, 0.4) is 0 Å². The lowest BCUT2D eigenvalue weighted by atomic mass is 9.98. The number of aromatic nitrogens is 2. The molecular formula is C17H20ClN3O2S. The number of halogens is 1. The highest BCUT2D eigenvalue weighted by molar-refractivity contribution is 7.99. The molecule has 2 atom stereocenters. The third-order valence-corrected chi connectivity index (χ3v) is 5.44. The van der Waals surface area contributed by atoms with Gasteiger partial charge in [0.2, 0.25) is 11.8 Å². The molecule has 128 valence electrons. The molecule has 0 bridgehead atoms. The quantitative estimate of drug-likeness (QED) is 0.757. The first-order valence-corrected chi connectivity index (χ1v) is 9.45. The zero-order valence-corrected chi connectivity index (χ0v) is 15.3. The molecule has 1 aromatic heterocycles. The Morgan fingerprint density at radius 1 is 1.29 bits per heavy atom. The van der Waals surface area contributed by atoms with E-state index in [1.165, 1.54) is 18.2 Å². The number of amides is 1. The second-order valence-corrected chi connectivity index (χ2v) is 7.41. The second-order valence-electron chi connectivity index (χ2n) is 6.07. The summed E-state index contributed by atoms with van der Waals surface area (Å²) in [5.74, 6) is 0.797. The molecule has 1 saturated heterocycles. The van der Waals surface area contributed by atoms with Crippen LogP contribution in [-0.2, 0) is 4.79 Å². The standard InChI is InChI=1S/C17H20ClN3O2S/c1-11-6-5-7-12(2)21(11)15(22)10-24-17-20-19-16(23-17)13-8-3-4-9-14(13)18/h3-4,8-9,11-12H,5-7,10H2,1-2H3/t11-,12-/m1/s1. The summed E-state index contributed by atoms with van der Waals surface area (Å²) in [6, 6.07) is 7.90. The molecule has 2 aromatic rings. The number of rotatable bonds is 4. The van der Waals surface area contributed by atoms with Gasteiger partial charge in [-0.15, -0.1) is 10.2 Å². The second kappa shape index (κ2) is 7.57. The molecule has 1 amide bonds. The third kappa shape index (κ3) is 3.75. The van der Waals surface area contributed by atoms with Crippen molar-refractivity contribution in [1.29, 1.82) is 0 Å². The molecule has 1 fully saturated rings. The molecular weight excluding hydrogens is 346 g/mol. The van der Waals surface area contributed by atoms with E-state index in [1.54, 1.807) is 6.07 Å². The van der Waals surface area contributed by atoms with Crippen molar-refractivity contribution in [2.75, 3.05) is 5.75 Å². The maximum Gasteiger partial charge on any atom is 0.277 e. The van der Waals surface area contributed by atoms with E-state index >= 15 is 0 Å². The Kier molecular flexibility index (Phi) is 5.46. The number of hydrogen-bond donors (Lipinski definition) is 0. The number of thioether (sulfide) groups is 1. The molecule has 1 aliphatic heterocycles. The minimum absolute atomic E-state index is 0.122. The van der Waals surface area contributed by atoms with E-state index in [9.17, 15) is 4.79 Å². The highest BCUT2D eigenvalue weighted by Crippen LogP contribution is 2.29. The van der Waals surface area contributed by atoms with Gasteiger partial charge < -0.3 is 9.32 Å². The third-order valence-electron chi connectivity index (χ3n) is 4.31. The summed E-state index contributed by atoms with van der Waals surface area (Å²) in [4.78, 5) is 14.5. The van der Waals surface area contributed by atoms with E-state index < -0.39 is 0 Å². The van der Waals surface area contributed by atoms with Crippen molar-refractivity contribution in [3.8, 4) is 11.5 Å². The van der Waals surface area contributed by atoms with E-state index in [2.05, 4.69) is 24.0 Å². The van der Waals surface area contributed by atoms with Crippen molar-refractivity contribution in [3.63, 3.8) is 0 Å². The number of carbonyl (C=O) groups is 1. The van der Waals surface area contributed by atoms with Gasteiger partial charge in [0, 0.05) is 12.1 Å². The molecule has 2 heterocycles. The Labute approximate surface area is 150 Å². The molecule has 3 rings (SSSR count). The van der Waals surface area contributed by atoms with Gasteiger partial charge in [0.05, 0.1) is 16.3 Å². The van der Waals surface area contributed by atoms with Crippen LogP contribution < -0.4 is 0 Å². The number of benzene rings is 1. The first-order valence-electron chi connectivity index (χ1n) is 8.08. The average Bonchev–Trinajstić information content (AvgIpc) is 3.02. The fourth-order valence-corrected chi connectivity index (χ4v) is 3.97. The SMILES string of the molecule is C[C@@H]1CCC[C@@H](C)N1C(=O)CSc1nnc(-c2ccccc2Cl)o1. The van der Waals surface area contributed by atoms with Crippen LogP contribution in [0.5, 0.6) is 0 Å². The van der Waals surface area contributed by atoms with Crippen LogP contribution >= 0.6 is 23.4 Å². The predicted octanol–water partition coefficient (Wildman–Crippen LogP) is 4.27. The van der Waals surface area contributed by atoms with Gasteiger partial charge in [0.25, 0.3) is 5.22 Å². The van der Waals surface area contributed by atoms with Crippen LogP contribution in [0.25, 0.3) is 11.5 Å². The minimum atomic E-state index is 0.122. The molecule has 0 saturated carbocycles. The Morgan fingerprint density at radius 3 is 2.71 bits per heavy atom. The van der Waals surface area contributed by atoms with Gasteiger partial charge in [-0.05, 0) is 45.2 Å². The van der Waals surface area contributed by atoms with Gasteiger partial charge in [-0.2, -0.15) is 0 Å². The first-order chi connectivity index (χ1) is 11.6. The first kappa shape index (κ1) is 17.3. The monoisotopic (exact) mass is 365 g/mol. The van der Waals surface area contributed by atoms with Gasteiger partial charge in [0.15, 0.2) is 0 Å². The van der Waals surface area contributed by atoms with Crippen molar-refractivity contribution in [2.24, 2.45) is 0 Å². The summed E-state index contributed by atoms with van der Waals surface area (Å²) in [6.07, 6.45) is 3.32. The lowest BCUT2D eigenvalue weighted by Crippen LogP contribution is -2.48. The summed E-state index contributed by atoms with van der Waals surface area (Å²) in [6.45, 7) is 4.22.